The first-order chi connectivity index (χ1) is 10.2. The molecule has 2 N–H and O–H groups in total. The highest BCUT2D eigenvalue weighted by Crippen LogP contribution is 2.33. The Balaban J connectivity index is 1.74. The maximum Gasteiger partial charge on any atom is 0.0470 e. The van der Waals surface area contributed by atoms with Gasteiger partial charge in [0, 0.05) is 31.7 Å². The maximum atomic E-state index is 6.13. The molecule has 116 valence electrons. The molecule has 0 spiro atoms. The Kier molecular flexibility index (Phi) is 4.63. The lowest BCUT2D eigenvalue weighted by atomic mass is 9.83. The van der Waals surface area contributed by atoms with Gasteiger partial charge < -0.3 is 10.6 Å². The lowest BCUT2D eigenvalue weighted by Gasteiger charge is -2.48. The molecule has 0 amide bonds. The van der Waals surface area contributed by atoms with Gasteiger partial charge in [0.15, 0.2) is 0 Å². The Bertz CT molecular complexity index is 473. The number of piperidine rings is 2. The number of rotatable bonds is 3. The van der Waals surface area contributed by atoms with Crippen molar-refractivity contribution in [2.24, 2.45) is 11.7 Å². The van der Waals surface area contributed by atoms with Crippen LogP contribution in [0.15, 0.2) is 24.3 Å². The van der Waals surface area contributed by atoms with E-state index in [0.717, 1.165) is 18.5 Å². The lowest BCUT2D eigenvalue weighted by molar-refractivity contribution is 0.0211. The molecule has 3 rings (SSSR count). The largest absolute Gasteiger partial charge is 0.329 e. The molecule has 21 heavy (non-hydrogen) atoms. The molecule has 3 nitrogen and oxygen atoms in total. The van der Waals surface area contributed by atoms with Crippen LogP contribution in [0.4, 0.5) is 0 Å². The molecule has 2 heterocycles. The zero-order valence-electron chi connectivity index (χ0n) is 13.5. The average molecular weight is 287 g/mol. The van der Waals surface area contributed by atoms with Gasteiger partial charge in [0.2, 0.25) is 0 Å². The van der Waals surface area contributed by atoms with Crippen LogP contribution in [-0.4, -0.2) is 49.1 Å². The van der Waals surface area contributed by atoms with E-state index in [0.29, 0.717) is 6.04 Å². The molecule has 1 aromatic rings. The average Bonchev–Trinajstić information content (AvgIpc) is 2.48. The van der Waals surface area contributed by atoms with Gasteiger partial charge in [-0.1, -0.05) is 29.8 Å². The van der Waals surface area contributed by atoms with E-state index in [1.54, 1.807) is 0 Å². The lowest BCUT2D eigenvalue weighted by Crippen LogP contribution is -2.53. The maximum absolute atomic E-state index is 6.13. The fourth-order valence-electron chi connectivity index (χ4n) is 4.34. The van der Waals surface area contributed by atoms with Crippen molar-refractivity contribution in [1.82, 2.24) is 9.80 Å². The van der Waals surface area contributed by atoms with Crippen molar-refractivity contribution in [3.8, 4) is 0 Å². The molecule has 2 fully saturated rings. The summed E-state index contributed by atoms with van der Waals surface area (Å²) in [6.07, 6.45) is 4.03. The minimum absolute atomic E-state index is 0.387. The summed E-state index contributed by atoms with van der Waals surface area (Å²) in [5.74, 6) is 0.830. The Morgan fingerprint density at radius 1 is 1.29 bits per heavy atom. The van der Waals surface area contributed by atoms with Gasteiger partial charge in [-0.15, -0.1) is 0 Å². The van der Waals surface area contributed by atoms with Gasteiger partial charge >= 0.3 is 0 Å². The van der Waals surface area contributed by atoms with Crippen LogP contribution in [0, 0.1) is 12.8 Å². The van der Waals surface area contributed by atoms with E-state index in [1.807, 2.05) is 0 Å². The molecular formula is C18H29N3. The number of nitrogens with zero attached hydrogens (tertiary/aromatic N) is 2. The highest BCUT2D eigenvalue weighted by atomic mass is 15.2. The third kappa shape index (κ3) is 3.15. The molecular weight excluding hydrogens is 258 g/mol. The van der Waals surface area contributed by atoms with Crippen LogP contribution >= 0.6 is 0 Å². The van der Waals surface area contributed by atoms with Crippen molar-refractivity contribution in [3.63, 3.8) is 0 Å². The molecule has 2 aliphatic rings. The molecule has 0 radical (unpaired) electrons. The number of fused-ring (bicyclic) bond motifs is 1. The molecule has 2 aliphatic heterocycles. The van der Waals surface area contributed by atoms with Crippen LogP contribution in [-0.2, 0) is 0 Å². The zero-order chi connectivity index (χ0) is 14.8. The number of aryl methyl sites for hydroxylation is 1. The second-order valence-corrected chi connectivity index (χ2v) is 6.90. The fraction of sp³-hybridized carbons (Fsp3) is 0.667. The van der Waals surface area contributed by atoms with Crippen LogP contribution in [0.5, 0.6) is 0 Å². The first-order valence-electron chi connectivity index (χ1n) is 8.40. The summed E-state index contributed by atoms with van der Waals surface area (Å²) < 4.78 is 0. The monoisotopic (exact) mass is 287 g/mol. The summed E-state index contributed by atoms with van der Waals surface area (Å²) >= 11 is 0. The van der Waals surface area contributed by atoms with E-state index in [-0.39, 0.29) is 0 Å². The van der Waals surface area contributed by atoms with Crippen LogP contribution in [0.2, 0.25) is 0 Å². The second kappa shape index (κ2) is 6.47. The van der Waals surface area contributed by atoms with Gasteiger partial charge in [-0.05, 0) is 51.3 Å². The van der Waals surface area contributed by atoms with Crippen molar-refractivity contribution in [1.29, 1.82) is 0 Å². The number of likely N-dealkylation sites (tertiary alicyclic amines) is 2. The van der Waals surface area contributed by atoms with Crippen molar-refractivity contribution < 1.29 is 0 Å². The molecule has 2 saturated heterocycles. The molecule has 0 aliphatic carbocycles. The van der Waals surface area contributed by atoms with E-state index in [2.05, 4.69) is 48.0 Å². The first kappa shape index (κ1) is 15.0. The van der Waals surface area contributed by atoms with Gasteiger partial charge in [0.1, 0.15) is 0 Å². The zero-order valence-corrected chi connectivity index (χ0v) is 13.5. The minimum Gasteiger partial charge on any atom is -0.329 e. The highest BCUT2D eigenvalue weighted by Gasteiger charge is 2.36. The van der Waals surface area contributed by atoms with E-state index in [4.69, 9.17) is 5.73 Å². The van der Waals surface area contributed by atoms with E-state index in [1.165, 1.54) is 50.0 Å². The Labute approximate surface area is 129 Å². The van der Waals surface area contributed by atoms with Gasteiger partial charge in [0.05, 0.1) is 0 Å². The van der Waals surface area contributed by atoms with E-state index in [9.17, 15) is 0 Å². The first-order valence-corrected chi connectivity index (χ1v) is 8.40. The van der Waals surface area contributed by atoms with Gasteiger partial charge in [-0.3, -0.25) is 4.90 Å². The number of nitrogens with two attached hydrogens (primary N) is 1. The normalized spacial score (nSPS) is 29.1. The summed E-state index contributed by atoms with van der Waals surface area (Å²) in [5.41, 5.74) is 8.85. The van der Waals surface area contributed by atoms with Gasteiger partial charge in [0.25, 0.3) is 0 Å². The van der Waals surface area contributed by atoms with Crippen LogP contribution < -0.4 is 5.73 Å². The summed E-state index contributed by atoms with van der Waals surface area (Å²) in [5, 5.41) is 0. The van der Waals surface area contributed by atoms with Crippen LogP contribution in [0.1, 0.15) is 36.4 Å². The molecule has 3 heteroatoms. The van der Waals surface area contributed by atoms with Crippen molar-refractivity contribution in [2.75, 3.05) is 33.2 Å². The standard InChI is InChI=1S/C18H29N3/c1-14-5-3-6-15(11-14)18(12-19)21-10-8-17-16(13-21)7-4-9-20(17)2/h3,5-6,11,16-18H,4,7-10,12-13,19H2,1-2H3. The second-order valence-electron chi connectivity index (χ2n) is 6.90. The summed E-state index contributed by atoms with van der Waals surface area (Å²) in [6.45, 7) is 6.56. The van der Waals surface area contributed by atoms with Crippen LogP contribution in [0.25, 0.3) is 0 Å². The SMILES string of the molecule is Cc1cccc(C(CN)N2CCC3C(CCCN3C)C2)c1. The number of benzene rings is 1. The Hall–Kier alpha value is -0.900. The van der Waals surface area contributed by atoms with Gasteiger partial charge in [-0.2, -0.15) is 0 Å². The van der Waals surface area contributed by atoms with Crippen molar-refractivity contribution in [2.45, 2.75) is 38.3 Å². The predicted octanol–water partition coefficient (Wildman–Crippen LogP) is 2.41. The third-order valence-electron chi connectivity index (χ3n) is 5.47. The smallest absolute Gasteiger partial charge is 0.0470 e. The Morgan fingerprint density at radius 3 is 2.90 bits per heavy atom. The molecule has 0 saturated carbocycles. The number of hydrogen-bond donors (Lipinski definition) is 1. The van der Waals surface area contributed by atoms with Crippen molar-refractivity contribution in [3.05, 3.63) is 35.4 Å². The van der Waals surface area contributed by atoms with Crippen molar-refractivity contribution >= 4 is 0 Å². The topological polar surface area (TPSA) is 32.5 Å². The highest BCUT2D eigenvalue weighted by molar-refractivity contribution is 5.25. The van der Waals surface area contributed by atoms with E-state index < -0.39 is 0 Å². The molecule has 3 unspecified atom stereocenters. The van der Waals surface area contributed by atoms with Crippen LogP contribution in [0.3, 0.4) is 0 Å². The molecule has 3 atom stereocenters. The quantitative estimate of drug-likeness (QED) is 0.926. The van der Waals surface area contributed by atoms with E-state index >= 15 is 0 Å². The molecule has 1 aromatic carbocycles. The van der Waals surface area contributed by atoms with Gasteiger partial charge in [-0.25, -0.2) is 0 Å². The predicted molar refractivity (Wildman–Crippen MR) is 88.3 cm³/mol. The fourth-order valence-corrected chi connectivity index (χ4v) is 4.34. The molecule has 0 bridgehead atoms. The summed E-state index contributed by atoms with van der Waals surface area (Å²) in [7, 11) is 2.30. The Morgan fingerprint density at radius 2 is 2.14 bits per heavy atom. The number of hydrogen-bond acceptors (Lipinski definition) is 3. The minimum atomic E-state index is 0.387. The third-order valence-corrected chi connectivity index (χ3v) is 5.47. The summed E-state index contributed by atoms with van der Waals surface area (Å²) in [4.78, 5) is 5.21. The summed E-state index contributed by atoms with van der Waals surface area (Å²) in [6, 6.07) is 10.1. The molecule has 0 aromatic heterocycles.